The molecule has 0 aliphatic heterocycles. The molecule has 0 radical (unpaired) electrons. The summed E-state index contributed by atoms with van der Waals surface area (Å²) in [6.07, 6.45) is 0. The van der Waals surface area contributed by atoms with Crippen LogP contribution in [-0.4, -0.2) is 24.5 Å². The Morgan fingerprint density at radius 3 is 2.64 bits per heavy atom. The van der Waals surface area contributed by atoms with Crippen molar-refractivity contribution >= 4 is 17.4 Å². The monoisotopic (exact) mass is 316 g/mol. The molecule has 0 amide bonds. The number of benzene rings is 1. The third-order valence-electron chi connectivity index (χ3n) is 2.99. The molecule has 0 N–H and O–H groups in total. The smallest absolute Gasteiger partial charge is 0.235 e. The van der Waals surface area contributed by atoms with Crippen LogP contribution in [-0.2, 0) is 0 Å². The molecule has 0 saturated heterocycles. The van der Waals surface area contributed by atoms with E-state index in [0.29, 0.717) is 22.0 Å². The minimum Gasteiger partial charge on any atom is -0.481 e. The number of carbonyl (C=O) groups is 1. The van der Waals surface area contributed by atoms with E-state index in [1.807, 2.05) is 6.07 Å². The number of rotatable bonds is 5. The second kappa shape index (κ2) is 6.92. The summed E-state index contributed by atoms with van der Waals surface area (Å²) in [5.41, 5.74) is 1.43. The van der Waals surface area contributed by atoms with Gasteiger partial charge in [-0.1, -0.05) is 11.6 Å². The maximum atomic E-state index is 12.1. The summed E-state index contributed by atoms with van der Waals surface area (Å²) in [7, 11) is 1.47. The number of ether oxygens (including phenoxy) is 2. The summed E-state index contributed by atoms with van der Waals surface area (Å²) in [6, 6.07) is 10.1. The Labute approximate surface area is 133 Å². The first-order chi connectivity index (χ1) is 10.5. The summed E-state index contributed by atoms with van der Waals surface area (Å²) in [4.78, 5) is 16.1. The van der Waals surface area contributed by atoms with Gasteiger partial charge in [-0.05, 0) is 36.8 Å². The quantitative estimate of drug-likeness (QED) is 0.792. The topological polar surface area (TPSA) is 72.2 Å². The summed E-state index contributed by atoms with van der Waals surface area (Å²) in [5, 5.41) is 9.72. The Balaban J connectivity index is 2.17. The van der Waals surface area contributed by atoms with Gasteiger partial charge >= 0.3 is 0 Å². The molecule has 5 nitrogen and oxygen atoms in total. The maximum absolute atomic E-state index is 12.1. The number of Topliss-reactive ketones (excluding diaryl/α,β-unsaturated/α-hetero) is 1. The molecule has 0 aliphatic rings. The van der Waals surface area contributed by atoms with Crippen LogP contribution < -0.4 is 9.47 Å². The molecule has 6 heteroatoms. The normalized spacial score (nSPS) is 9.91. The van der Waals surface area contributed by atoms with E-state index >= 15 is 0 Å². The van der Waals surface area contributed by atoms with Crippen LogP contribution in [0.3, 0.4) is 0 Å². The molecule has 1 aromatic heterocycles. The van der Waals surface area contributed by atoms with E-state index in [1.165, 1.54) is 7.11 Å². The van der Waals surface area contributed by atoms with Gasteiger partial charge in [0, 0.05) is 16.7 Å². The minimum atomic E-state index is -0.233. The fourth-order valence-corrected chi connectivity index (χ4v) is 1.94. The Kier molecular flexibility index (Phi) is 4.97. The minimum absolute atomic E-state index is 0.0849. The van der Waals surface area contributed by atoms with Crippen LogP contribution in [0, 0.1) is 18.3 Å². The van der Waals surface area contributed by atoms with Gasteiger partial charge in [-0.3, -0.25) is 4.79 Å². The van der Waals surface area contributed by atoms with Crippen molar-refractivity contribution in [2.75, 3.05) is 13.7 Å². The molecular formula is C16H13ClN2O3. The van der Waals surface area contributed by atoms with E-state index in [9.17, 15) is 4.79 Å². The van der Waals surface area contributed by atoms with E-state index in [1.54, 1.807) is 37.3 Å². The second-order valence-corrected chi connectivity index (χ2v) is 4.93. The third kappa shape index (κ3) is 3.54. The number of halogens is 1. The molecule has 0 unspecified atom stereocenters. The zero-order valence-corrected chi connectivity index (χ0v) is 12.8. The standard InChI is InChI=1S/C16H13ClN2O3/c1-10-7-15(21-2)19-16(13(10)8-18)22-9-14(20)11-3-5-12(17)6-4-11/h3-7H,9H2,1-2H3. The number of ketones is 1. The van der Waals surface area contributed by atoms with Gasteiger partial charge in [0.25, 0.3) is 0 Å². The largest absolute Gasteiger partial charge is 0.481 e. The van der Waals surface area contributed by atoms with Crippen molar-refractivity contribution in [2.45, 2.75) is 6.92 Å². The highest BCUT2D eigenvalue weighted by molar-refractivity contribution is 6.30. The van der Waals surface area contributed by atoms with Crippen molar-refractivity contribution < 1.29 is 14.3 Å². The van der Waals surface area contributed by atoms with Crippen molar-refractivity contribution in [1.29, 1.82) is 5.26 Å². The average molecular weight is 317 g/mol. The third-order valence-corrected chi connectivity index (χ3v) is 3.24. The van der Waals surface area contributed by atoms with Crippen LogP contribution >= 0.6 is 11.6 Å². The molecule has 112 valence electrons. The highest BCUT2D eigenvalue weighted by Crippen LogP contribution is 2.23. The van der Waals surface area contributed by atoms with Gasteiger partial charge in [0.1, 0.15) is 11.6 Å². The van der Waals surface area contributed by atoms with Gasteiger partial charge in [-0.25, -0.2) is 0 Å². The lowest BCUT2D eigenvalue weighted by Gasteiger charge is -2.10. The number of hydrogen-bond acceptors (Lipinski definition) is 5. The lowest BCUT2D eigenvalue weighted by molar-refractivity contribution is 0.0917. The van der Waals surface area contributed by atoms with E-state index in [2.05, 4.69) is 4.98 Å². The molecule has 0 fully saturated rings. The summed E-state index contributed by atoms with van der Waals surface area (Å²) in [6.45, 7) is 1.52. The number of hydrogen-bond donors (Lipinski definition) is 0. The molecular weight excluding hydrogens is 304 g/mol. The summed E-state index contributed by atoms with van der Waals surface area (Å²) < 4.78 is 10.4. The van der Waals surface area contributed by atoms with Crippen molar-refractivity contribution in [1.82, 2.24) is 4.98 Å². The number of aryl methyl sites for hydroxylation is 1. The van der Waals surface area contributed by atoms with E-state index in [4.69, 9.17) is 26.3 Å². The zero-order valence-electron chi connectivity index (χ0n) is 12.1. The van der Waals surface area contributed by atoms with Gasteiger partial charge in [-0.2, -0.15) is 10.2 Å². The predicted molar refractivity (Wildman–Crippen MR) is 81.5 cm³/mol. The van der Waals surface area contributed by atoms with Crippen LogP contribution in [0.15, 0.2) is 30.3 Å². The van der Waals surface area contributed by atoms with Crippen molar-refractivity contribution in [3.05, 3.63) is 52.0 Å². The fraction of sp³-hybridized carbons (Fsp3) is 0.188. The fourth-order valence-electron chi connectivity index (χ4n) is 1.81. The van der Waals surface area contributed by atoms with Gasteiger partial charge in [0.15, 0.2) is 12.4 Å². The predicted octanol–water partition coefficient (Wildman–Crippen LogP) is 3.19. The number of carbonyl (C=O) groups excluding carboxylic acids is 1. The van der Waals surface area contributed by atoms with Gasteiger partial charge in [0.05, 0.1) is 7.11 Å². The van der Waals surface area contributed by atoms with Crippen LogP contribution in [0.1, 0.15) is 21.5 Å². The van der Waals surface area contributed by atoms with Crippen LogP contribution in [0.5, 0.6) is 11.8 Å². The molecule has 2 aromatic rings. The molecule has 0 atom stereocenters. The molecule has 22 heavy (non-hydrogen) atoms. The SMILES string of the molecule is COc1cc(C)c(C#N)c(OCC(=O)c2ccc(Cl)cc2)n1. The molecule has 0 aliphatic carbocycles. The Bertz CT molecular complexity index is 736. The molecule has 1 heterocycles. The lowest BCUT2D eigenvalue weighted by Crippen LogP contribution is -2.13. The second-order valence-electron chi connectivity index (χ2n) is 4.49. The molecule has 0 bridgehead atoms. The first-order valence-corrected chi connectivity index (χ1v) is 6.80. The van der Waals surface area contributed by atoms with Crippen molar-refractivity contribution in [3.63, 3.8) is 0 Å². The molecule has 0 saturated carbocycles. The Morgan fingerprint density at radius 1 is 1.36 bits per heavy atom. The average Bonchev–Trinajstić information content (AvgIpc) is 2.52. The first-order valence-electron chi connectivity index (χ1n) is 6.42. The molecule has 2 rings (SSSR count). The lowest BCUT2D eigenvalue weighted by atomic mass is 10.1. The number of methoxy groups -OCH3 is 1. The Morgan fingerprint density at radius 2 is 2.05 bits per heavy atom. The number of aromatic nitrogens is 1. The van der Waals surface area contributed by atoms with E-state index in [-0.39, 0.29) is 23.8 Å². The molecule has 1 aromatic carbocycles. The van der Waals surface area contributed by atoms with Crippen molar-refractivity contribution in [3.8, 4) is 17.8 Å². The Hall–Kier alpha value is -2.58. The number of pyridine rings is 1. The van der Waals surface area contributed by atoms with Crippen LogP contribution in [0.2, 0.25) is 5.02 Å². The van der Waals surface area contributed by atoms with E-state index < -0.39 is 0 Å². The highest BCUT2D eigenvalue weighted by atomic mass is 35.5. The first kappa shape index (κ1) is 15.8. The summed E-state index contributed by atoms with van der Waals surface area (Å²) in [5.74, 6) is 0.176. The highest BCUT2D eigenvalue weighted by Gasteiger charge is 2.14. The summed E-state index contributed by atoms with van der Waals surface area (Å²) >= 11 is 5.78. The number of nitrogens with zero attached hydrogens (tertiary/aromatic N) is 2. The van der Waals surface area contributed by atoms with Gasteiger partial charge in [-0.15, -0.1) is 0 Å². The number of nitriles is 1. The van der Waals surface area contributed by atoms with E-state index in [0.717, 1.165) is 0 Å². The zero-order chi connectivity index (χ0) is 16.1. The van der Waals surface area contributed by atoms with Gasteiger partial charge in [0.2, 0.25) is 11.8 Å². The van der Waals surface area contributed by atoms with Gasteiger partial charge < -0.3 is 9.47 Å². The molecule has 0 spiro atoms. The van der Waals surface area contributed by atoms with Crippen LogP contribution in [0.25, 0.3) is 0 Å². The van der Waals surface area contributed by atoms with Crippen molar-refractivity contribution in [2.24, 2.45) is 0 Å². The maximum Gasteiger partial charge on any atom is 0.235 e. The van der Waals surface area contributed by atoms with Crippen LogP contribution in [0.4, 0.5) is 0 Å².